The van der Waals surface area contributed by atoms with Gasteiger partial charge in [-0.25, -0.2) is 0 Å². The summed E-state index contributed by atoms with van der Waals surface area (Å²) in [5, 5.41) is 7.71. The van der Waals surface area contributed by atoms with Crippen LogP contribution in [0.25, 0.3) is 0 Å². The minimum absolute atomic E-state index is 0.0729. The van der Waals surface area contributed by atoms with E-state index in [4.69, 9.17) is 9.05 Å². The van der Waals surface area contributed by atoms with Crippen LogP contribution >= 0.6 is 0 Å². The van der Waals surface area contributed by atoms with Crippen molar-refractivity contribution in [1.29, 1.82) is 0 Å². The van der Waals surface area contributed by atoms with Gasteiger partial charge in [0.1, 0.15) is 23.9 Å². The summed E-state index contributed by atoms with van der Waals surface area (Å²) in [6.07, 6.45) is 3.33. The van der Waals surface area contributed by atoms with Gasteiger partial charge >= 0.3 is 0 Å². The maximum absolute atomic E-state index is 13.0. The molecule has 2 heterocycles. The highest BCUT2D eigenvalue weighted by Gasteiger charge is 2.34. The number of amides is 2. The Morgan fingerprint density at radius 2 is 1.30 bits per heavy atom. The highest BCUT2D eigenvalue weighted by atomic mass is 16.5. The van der Waals surface area contributed by atoms with Crippen molar-refractivity contribution in [2.75, 3.05) is 14.1 Å². The van der Waals surface area contributed by atoms with Gasteiger partial charge in [0, 0.05) is 44.5 Å². The lowest BCUT2D eigenvalue weighted by molar-refractivity contribution is -0.134. The van der Waals surface area contributed by atoms with Crippen molar-refractivity contribution in [2.45, 2.75) is 38.3 Å². The summed E-state index contributed by atoms with van der Waals surface area (Å²) in [6.45, 7) is 2.65. The molecular weight excluding hydrogens is 384 g/mol. The van der Waals surface area contributed by atoms with E-state index in [1.54, 1.807) is 36.0 Å². The summed E-state index contributed by atoms with van der Waals surface area (Å²) in [6, 6.07) is 13.1. The fraction of sp³-hybridized carbons (Fsp3) is 0.364. The van der Waals surface area contributed by atoms with Crippen LogP contribution in [0.3, 0.4) is 0 Å². The van der Waals surface area contributed by atoms with Crippen LogP contribution in [-0.2, 0) is 28.1 Å². The first-order valence-corrected chi connectivity index (χ1v) is 9.69. The molecular formula is C22H26N4O4. The zero-order valence-electron chi connectivity index (χ0n) is 17.4. The van der Waals surface area contributed by atoms with Crippen LogP contribution in [0.4, 0.5) is 0 Å². The molecule has 0 aliphatic heterocycles. The topological polar surface area (TPSA) is 92.7 Å². The van der Waals surface area contributed by atoms with Gasteiger partial charge in [-0.3, -0.25) is 9.59 Å². The largest absolute Gasteiger partial charge is 0.364 e. The van der Waals surface area contributed by atoms with Crippen LogP contribution in [0.2, 0.25) is 0 Å². The SMILES string of the molecule is CN(Cc1ccon1)C(=O)CC(C)(CC(=O)N(C)Cc1ccon1)c1ccccc1. The quantitative estimate of drug-likeness (QED) is 0.538. The molecule has 3 rings (SSSR count). The lowest BCUT2D eigenvalue weighted by Crippen LogP contribution is -2.38. The summed E-state index contributed by atoms with van der Waals surface area (Å²) < 4.78 is 9.67. The molecule has 0 unspecified atom stereocenters. The second-order valence-electron chi connectivity index (χ2n) is 7.76. The van der Waals surface area contributed by atoms with Crippen LogP contribution in [0.5, 0.6) is 0 Å². The van der Waals surface area contributed by atoms with Crippen molar-refractivity contribution < 1.29 is 18.6 Å². The number of hydrogen-bond acceptors (Lipinski definition) is 6. The monoisotopic (exact) mass is 410 g/mol. The average Bonchev–Trinajstić information content (AvgIpc) is 3.42. The summed E-state index contributed by atoms with van der Waals surface area (Å²) in [5.74, 6) is -0.146. The lowest BCUT2D eigenvalue weighted by atomic mass is 9.76. The molecule has 8 nitrogen and oxygen atoms in total. The Morgan fingerprint density at radius 1 is 0.833 bits per heavy atom. The Labute approximate surface area is 175 Å². The van der Waals surface area contributed by atoms with Crippen molar-refractivity contribution in [3.05, 3.63) is 71.9 Å². The van der Waals surface area contributed by atoms with Crippen molar-refractivity contribution in [2.24, 2.45) is 0 Å². The lowest BCUT2D eigenvalue weighted by Gasteiger charge is -2.32. The number of aromatic nitrogens is 2. The molecule has 0 aliphatic rings. The average molecular weight is 410 g/mol. The second kappa shape index (κ2) is 9.39. The Bertz CT molecular complexity index is 883. The van der Waals surface area contributed by atoms with Gasteiger partial charge < -0.3 is 18.8 Å². The molecule has 0 N–H and O–H groups in total. The number of rotatable bonds is 9. The Hall–Kier alpha value is -3.42. The maximum atomic E-state index is 13.0. The molecule has 8 heteroatoms. The minimum Gasteiger partial charge on any atom is -0.364 e. The maximum Gasteiger partial charge on any atom is 0.223 e. The third kappa shape index (κ3) is 5.34. The Balaban J connectivity index is 1.73. The summed E-state index contributed by atoms with van der Waals surface area (Å²) in [4.78, 5) is 29.2. The number of carbonyl (C=O) groups is 2. The number of hydrogen-bond donors (Lipinski definition) is 0. The zero-order chi connectivity index (χ0) is 21.6. The molecule has 0 radical (unpaired) electrons. The number of benzene rings is 1. The molecule has 2 amide bonds. The Kier molecular flexibility index (Phi) is 6.66. The first-order chi connectivity index (χ1) is 14.4. The molecule has 1 aromatic carbocycles. The third-order valence-corrected chi connectivity index (χ3v) is 5.19. The number of carbonyl (C=O) groups excluding carboxylic acids is 2. The minimum atomic E-state index is -0.661. The third-order valence-electron chi connectivity index (χ3n) is 5.19. The predicted octanol–water partition coefficient (Wildman–Crippen LogP) is 3.02. The van der Waals surface area contributed by atoms with E-state index in [1.807, 2.05) is 37.3 Å². The summed E-state index contributed by atoms with van der Waals surface area (Å²) >= 11 is 0. The van der Waals surface area contributed by atoms with Crippen molar-refractivity contribution in [1.82, 2.24) is 20.1 Å². The van der Waals surface area contributed by atoms with Gasteiger partial charge in [-0.15, -0.1) is 0 Å². The molecule has 0 aliphatic carbocycles. The van der Waals surface area contributed by atoms with Crippen LogP contribution in [0.1, 0.15) is 36.7 Å². The van der Waals surface area contributed by atoms with Gasteiger partial charge in [0.15, 0.2) is 0 Å². The van der Waals surface area contributed by atoms with E-state index in [1.165, 1.54) is 12.5 Å². The van der Waals surface area contributed by atoms with Gasteiger partial charge in [0.25, 0.3) is 0 Å². The smallest absolute Gasteiger partial charge is 0.223 e. The Morgan fingerprint density at radius 3 is 1.70 bits per heavy atom. The molecule has 0 saturated heterocycles. The van der Waals surface area contributed by atoms with Crippen LogP contribution < -0.4 is 0 Å². The van der Waals surface area contributed by atoms with E-state index < -0.39 is 5.41 Å². The molecule has 30 heavy (non-hydrogen) atoms. The summed E-state index contributed by atoms with van der Waals surface area (Å²) in [7, 11) is 3.45. The van der Waals surface area contributed by atoms with Crippen molar-refractivity contribution in [3.8, 4) is 0 Å². The van der Waals surface area contributed by atoms with E-state index in [9.17, 15) is 9.59 Å². The highest BCUT2D eigenvalue weighted by Crippen LogP contribution is 2.33. The summed E-state index contributed by atoms with van der Waals surface area (Å²) in [5.41, 5.74) is 1.63. The van der Waals surface area contributed by atoms with Gasteiger partial charge in [-0.2, -0.15) is 0 Å². The van der Waals surface area contributed by atoms with E-state index >= 15 is 0 Å². The van der Waals surface area contributed by atoms with E-state index in [2.05, 4.69) is 10.3 Å². The van der Waals surface area contributed by atoms with Crippen LogP contribution in [0, 0.1) is 0 Å². The van der Waals surface area contributed by atoms with E-state index in [0.717, 1.165) is 5.56 Å². The molecule has 0 bridgehead atoms. The van der Waals surface area contributed by atoms with Gasteiger partial charge in [-0.05, 0) is 5.56 Å². The van der Waals surface area contributed by atoms with Crippen molar-refractivity contribution >= 4 is 11.8 Å². The molecule has 0 saturated carbocycles. The molecule has 158 valence electrons. The van der Waals surface area contributed by atoms with E-state index in [0.29, 0.717) is 24.5 Å². The predicted molar refractivity (Wildman–Crippen MR) is 109 cm³/mol. The molecule has 0 fully saturated rings. The molecule has 0 atom stereocenters. The van der Waals surface area contributed by atoms with Gasteiger partial charge in [0.05, 0.1) is 13.1 Å². The van der Waals surface area contributed by atoms with Gasteiger partial charge in [-0.1, -0.05) is 47.6 Å². The highest BCUT2D eigenvalue weighted by molar-refractivity contribution is 5.81. The number of nitrogens with zero attached hydrogens (tertiary/aromatic N) is 4. The van der Waals surface area contributed by atoms with E-state index in [-0.39, 0.29) is 24.7 Å². The van der Waals surface area contributed by atoms with Crippen LogP contribution in [-0.4, -0.2) is 46.0 Å². The first kappa shape index (κ1) is 21.3. The fourth-order valence-electron chi connectivity index (χ4n) is 3.35. The molecule has 3 aromatic rings. The van der Waals surface area contributed by atoms with Crippen LogP contribution in [0.15, 0.2) is 64.0 Å². The first-order valence-electron chi connectivity index (χ1n) is 9.69. The molecule has 2 aromatic heterocycles. The fourth-order valence-corrected chi connectivity index (χ4v) is 3.35. The van der Waals surface area contributed by atoms with Gasteiger partial charge in [0.2, 0.25) is 11.8 Å². The second-order valence-corrected chi connectivity index (χ2v) is 7.76. The normalized spacial score (nSPS) is 11.3. The standard InChI is InChI=1S/C22H26N4O4/c1-22(17-7-5-4-6-8-17,13-20(27)25(2)15-18-9-11-29-23-18)14-21(28)26(3)16-19-10-12-30-24-19/h4-12H,13-16H2,1-3H3. The molecule has 0 spiro atoms. The van der Waals surface area contributed by atoms with Crippen molar-refractivity contribution in [3.63, 3.8) is 0 Å². The zero-order valence-corrected chi connectivity index (χ0v) is 17.4.